The molecule has 0 saturated heterocycles. The largest absolute Gasteiger partial charge is 0.489 e. The summed E-state index contributed by atoms with van der Waals surface area (Å²) in [4.78, 5) is 4.06. The maximum absolute atomic E-state index is 11.6. The summed E-state index contributed by atoms with van der Waals surface area (Å²) in [5.41, 5.74) is 3.25. The smallest absolute Gasteiger partial charge is 0.120 e. The standard InChI is InChI=1S/C28H31NO3/c1-2-27-18-26(30)28(31,22-6-4-3-5-7-22)17-23(27)9-8-21-16-24(10-11-25(21)27)32-19-20-12-14-29-15-13-20/h3-7,10-16,23,26,30-31H,2,8-9,17-19H2,1H3/t23-,26?,27?,28?/m1/s1. The van der Waals surface area contributed by atoms with Crippen molar-refractivity contribution in [1.82, 2.24) is 4.98 Å². The van der Waals surface area contributed by atoms with E-state index in [0.717, 1.165) is 36.1 Å². The number of aryl methyl sites for hydroxylation is 1. The molecule has 1 aromatic heterocycles. The predicted molar refractivity (Wildman–Crippen MR) is 124 cm³/mol. The SMILES string of the molecule is CCC12CC(O)C(O)(c3ccccc3)C[C@H]1CCc1cc(OCc3ccncc3)ccc12. The summed E-state index contributed by atoms with van der Waals surface area (Å²) < 4.78 is 6.06. The lowest BCUT2D eigenvalue weighted by atomic mass is 9.52. The molecule has 1 heterocycles. The van der Waals surface area contributed by atoms with Gasteiger partial charge < -0.3 is 14.9 Å². The number of aliphatic hydroxyl groups is 2. The molecule has 0 radical (unpaired) electrons. The molecule has 3 aromatic rings. The van der Waals surface area contributed by atoms with Crippen LogP contribution in [-0.4, -0.2) is 21.3 Å². The molecule has 2 aliphatic rings. The molecule has 4 nitrogen and oxygen atoms in total. The zero-order chi connectivity index (χ0) is 22.2. The van der Waals surface area contributed by atoms with Gasteiger partial charge in [-0.3, -0.25) is 4.98 Å². The summed E-state index contributed by atoms with van der Waals surface area (Å²) in [5, 5.41) is 22.8. The number of rotatable bonds is 5. The van der Waals surface area contributed by atoms with Gasteiger partial charge in [-0.05, 0) is 84.5 Å². The van der Waals surface area contributed by atoms with Crippen LogP contribution in [0.2, 0.25) is 0 Å². The number of ether oxygens (including phenoxy) is 1. The van der Waals surface area contributed by atoms with Crippen molar-refractivity contribution >= 4 is 0 Å². The maximum Gasteiger partial charge on any atom is 0.120 e. The Balaban J connectivity index is 1.42. The van der Waals surface area contributed by atoms with Gasteiger partial charge in [0.05, 0.1) is 6.10 Å². The van der Waals surface area contributed by atoms with Gasteiger partial charge in [0.1, 0.15) is 18.0 Å². The molecule has 32 heavy (non-hydrogen) atoms. The van der Waals surface area contributed by atoms with Crippen molar-refractivity contribution in [3.8, 4) is 5.75 Å². The van der Waals surface area contributed by atoms with E-state index in [2.05, 4.69) is 30.1 Å². The quantitative estimate of drug-likeness (QED) is 0.605. The Labute approximate surface area is 189 Å². The third-order valence-electron chi connectivity index (χ3n) is 7.88. The average Bonchev–Trinajstić information content (AvgIpc) is 2.84. The molecule has 5 rings (SSSR count). The Morgan fingerprint density at radius 3 is 2.56 bits per heavy atom. The molecule has 0 amide bonds. The number of hydrogen-bond donors (Lipinski definition) is 2. The van der Waals surface area contributed by atoms with Crippen LogP contribution >= 0.6 is 0 Å². The van der Waals surface area contributed by atoms with E-state index in [9.17, 15) is 10.2 Å². The zero-order valence-electron chi connectivity index (χ0n) is 18.6. The van der Waals surface area contributed by atoms with E-state index in [1.807, 2.05) is 42.5 Å². The van der Waals surface area contributed by atoms with Gasteiger partial charge in [-0.25, -0.2) is 0 Å². The number of nitrogens with zero attached hydrogens (tertiary/aromatic N) is 1. The second-order valence-corrected chi connectivity index (χ2v) is 9.42. The van der Waals surface area contributed by atoms with Gasteiger partial charge in [-0.15, -0.1) is 0 Å². The Kier molecular flexibility index (Phi) is 5.52. The lowest BCUT2D eigenvalue weighted by Gasteiger charge is -2.55. The van der Waals surface area contributed by atoms with Gasteiger partial charge in [0.15, 0.2) is 0 Å². The minimum absolute atomic E-state index is 0.113. The number of aromatic nitrogens is 1. The molecule has 2 aliphatic carbocycles. The number of fused-ring (bicyclic) bond motifs is 3. The highest BCUT2D eigenvalue weighted by Crippen LogP contribution is 2.56. The molecule has 4 heteroatoms. The van der Waals surface area contributed by atoms with E-state index in [0.29, 0.717) is 25.4 Å². The van der Waals surface area contributed by atoms with Crippen molar-refractivity contribution in [1.29, 1.82) is 0 Å². The Hall–Kier alpha value is -2.69. The van der Waals surface area contributed by atoms with Crippen molar-refractivity contribution in [3.63, 3.8) is 0 Å². The van der Waals surface area contributed by atoms with Gasteiger partial charge in [0.25, 0.3) is 0 Å². The number of benzene rings is 2. The molecule has 3 unspecified atom stereocenters. The van der Waals surface area contributed by atoms with Gasteiger partial charge in [0, 0.05) is 17.8 Å². The van der Waals surface area contributed by atoms with E-state index in [-0.39, 0.29) is 5.41 Å². The molecular formula is C28H31NO3. The summed E-state index contributed by atoms with van der Waals surface area (Å²) in [7, 11) is 0. The van der Waals surface area contributed by atoms with Crippen LogP contribution in [0.3, 0.4) is 0 Å². The second-order valence-electron chi connectivity index (χ2n) is 9.42. The van der Waals surface area contributed by atoms with Gasteiger partial charge in [-0.2, -0.15) is 0 Å². The summed E-state index contributed by atoms with van der Waals surface area (Å²) in [6, 6.07) is 20.1. The molecule has 2 N–H and O–H groups in total. The average molecular weight is 430 g/mol. The van der Waals surface area contributed by atoms with Gasteiger partial charge in [-0.1, -0.05) is 43.3 Å². The fourth-order valence-corrected chi connectivity index (χ4v) is 6.08. The minimum Gasteiger partial charge on any atom is -0.489 e. The minimum atomic E-state index is -1.18. The highest BCUT2D eigenvalue weighted by Gasteiger charge is 2.55. The van der Waals surface area contributed by atoms with E-state index in [1.54, 1.807) is 12.4 Å². The first-order valence-corrected chi connectivity index (χ1v) is 11.7. The van der Waals surface area contributed by atoms with Crippen molar-refractivity contribution in [2.45, 2.75) is 62.8 Å². The van der Waals surface area contributed by atoms with Crippen molar-refractivity contribution < 1.29 is 14.9 Å². The van der Waals surface area contributed by atoms with Crippen LogP contribution < -0.4 is 4.74 Å². The predicted octanol–water partition coefficient (Wildman–Crippen LogP) is 4.91. The Morgan fingerprint density at radius 2 is 1.81 bits per heavy atom. The monoisotopic (exact) mass is 429 g/mol. The lowest BCUT2D eigenvalue weighted by Crippen LogP contribution is -2.56. The van der Waals surface area contributed by atoms with Crippen LogP contribution in [0.25, 0.3) is 0 Å². The fraction of sp³-hybridized carbons (Fsp3) is 0.393. The van der Waals surface area contributed by atoms with Crippen LogP contribution in [0.1, 0.15) is 54.9 Å². The third kappa shape index (κ3) is 3.52. The second kappa shape index (κ2) is 8.34. The molecule has 1 fully saturated rings. The van der Waals surface area contributed by atoms with Crippen LogP contribution in [0, 0.1) is 5.92 Å². The number of aliphatic hydroxyl groups excluding tert-OH is 1. The van der Waals surface area contributed by atoms with Crippen LogP contribution in [0.5, 0.6) is 5.75 Å². The highest BCUT2D eigenvalue weighted by atomic mass is 16.5. The molecule has 0 aliphatic heterocycles. The first-order valence-electron chi connectivity index (χ1n) is 11.7. The van der Waals surface area contributed by atoms with E-state index in [4.69, 9.17) is 4.74 Å². The Bertz CT molecular complexity index is 1070. The molecule has 0 spiro atoms. The van der Waals surface area contributed by atoms with E-state index in [1.165, 1.54) is 11.1 Å². The molecule has 4 atom stereocenters. The number of hydrogen-bond acceptors (Lipinski definition) is 4. The number of pyridine rings is 1. The topological polar surface area (TPSA) is 62.6 Å². The zero-order valence-corrected chi connectivity index (χ0v) is 18.6. The molecule has 2 aromatic carbocycles. The maximum atomic E-state index is 11.6. The van der Waals surface area contributed by atoms with Gasteiger partial charge in [0.2, 0.25) is 0 Å². The van der Waals surface area contributed by atoms with E-state index < -0.39 is 11.7 Å². The molecule has 1 saturated carbocycles. The normalized spacial score (nSPS) is 29.1. The lowest BCUT2D eigenvalue weighted by molar-refractivity contribution is -0.146. The summed E-state index contributed by atoms with van der Waals surface area (Å²) >= 11 is 0. The Morgan fingerprint density at radius 1 is 1.03 bits per heavy atom. The van der Waals surface area contributed by atoms with Crippen molar-refractivity contribution in [3.05, 3.63) is 95.3 Å². The first kappa shape index (κ1) is 21.2. The van der Waals surface area contributed by atoms with E-state index >= 15 is 0 Å². The van der Waals surface area contributed by atoms with Crippen molar-refractivity contribution in [2.75, 3.05) is 0 Å². The van der Waals surface area contributed by atoms with Crippen molar-refractivity contribution in [2.24, 2.45) is 5.92 Å². The highest BCUT2D eigenvalue weighted by molar-refractivity contribution is 5.44. The summed E-state index contributed by atoms with van der Waals surface area (Å²) in [6.07, 6.45) is 6.85. The molecule has 0 bridgehead atoms. The molecular weight excluding hydrogens is 398 g/mol. The fourth-order valence-electron chi connectivity index (χ4n) is 6.08. The van der Waals surface area contributed by atoms with Crippen LogP contribution in [0.4, 0.5) is 0 Å². The summed E-state index contributed by atoms with van der Waals surface area (Å²) in [5.74, 6) is 1.21. The van der Waals surface area contributed by atoms with Crippen LogP contribution in [0.15, 0.2) is 73.1 Å². The summed E-state index contributed by atoms with van der Waals surface area (Å²) in [6.45, 7) is 2.74. The van der Waals surface area contributed by atoms with Gasteiger partial charge >= 0.3 is 0 Å². The van der Waals surface area contributed by atoms with Crippen LogP contribution in [-0.2, 0) is 24.0 Å². The first-order chi connectivity index (χ1) is 15.5. The third-order valence-corrected chi connectivity index (χ3v) is 7.88. The molecule has 166 valence electrons.